The van der Waals surface area contributed by atoms with E-state index in [0.29, 0.717) is 5.92 Å². The number of ether oxygens (including phenoxy) is 1. The van der Waals surface area contributed by atoms with Gasteiger partial charge in [0.25, 0.3) is 0 Å². The number of carbonyl (C=O) groups excluding carboxylic acids is 1. The van der Waals surface area contributed by atoms with Crippen LogP contribution in [-0.2, 0) is 20.4 Å². The fourth-order valence-corrected chi connectivity index (χ4v) is 6.22. The van der Waals surface area contributed by atoms with Gasteiger partial charge < -0.3 is 19.6 Å². The Bertz CT molecular complexity index is 901. The summed E-state index contributed by atoms with van der Waals surface area (Å²) >= 11 is 0. The molecule has 0 aliphatic heterocycles. The number of alkyl carbamates (subject to hydrolysis) is 1. The summed E-state index contributed by atoms with van der Waals surface area (Å²) in [5, 5.41) is 13.2. The Labute approximate surface area is 230 Å². The molecule has 3 atom stereocenters. The predicted octanol–water partition coefficient (Wildman–Crippen LogP) is 7.71. The maximum Gasteiger partial charge on any atom is 0.407 e. The molecule has 1 saturated carbocycles. The second-order valence-corrected chi connectivity index (χ2v) is 18.3. The van der Waals surface area contributed by atoms with Crippen LogP contribution in [0.15, 0.2) is 24.3 Å². The van der Waals surface area contributed by atoms with Crippen molar-refractivity contribution in [1.29, 1.82) is 0 Å². The van der Waals surface area contributed by atoms with E-state index in [-0.39, 0.29) is 29.7 Å². The van der Waals surface area contributed by atoms with Gasteiger partial charge >= 0.3 is 12.1 Å². The fourth-order valence-electron chi connectivity index (χ4n) is 4.85. The lowest BCUT2D eigenvalue weighted by Crippen LogP contribution is -2.54. The monoisotopic (exact) mass is 551 g/mol. The van der Waals surface area contributed by atoms with Crippen LogP contribution in [0, 0.1) is 17.7 Å². The van der Waals surface area contributed by atoms with Crippen LogP contribution in [0.3, 0.4) is 0 Å². The minimum Gasteiger partial charge on any atom is -0.481 e. The molecule has 1 fully saturated rings. The molecule has 2 rings (SSSR count). The standard InChI is InChI=1S/C30H50FNO5Si/c1-29(2,3)36-28(35)32-25(19-21-12-10-9-11-13-21)26(37-38(7,8)30(4,5)6)20-23(27(33)34)18-22-14-16-24(31)17-15-22/h14-17,21,23,25-26H,9-13,18-20H2,1-8H3,(H,32,35)(H,33,34)/t23-,25+,26+/m1/s1. The Kier molecular flexibility index (Phi) is 11.4. The Morgan fingerprint density at radius 1 is 1.05 bits per heavy atom. The number of hydrogen-bond donors (Lipinski definition) is 2. The Balaban J connectivity index is 2.41. The minimum absolute atomic E-state index is 0.0950. The molecule has 1 amide bonds. The van der Waals surface area contributed by atoms with Crippen LogP contribution in [0.5, 0.6) is 0 Å². The highest BCUT2D eigenvalue weighted by Gasteiger charge is 2.43. The van der Waals surface area contributed by atoms with E-state index >= 15 is 0 Å². The first-order valence-corrected chi connectivity index (χ1v) is 17.0. The lowest BCUT2D eigenvalue weighted by atomic mass is 9.82. The van der Waals surface area contributed by atoms with E-state index in [4.69, 9.17) is 9.16 Å². The summed E-state index contributed by atoms with van der Waals surface area (Å²) in [6, 6.07) is 5.60. The van der Waals surface area contributed by atoms with E-state index in [9.17, 15) is 19.1 Å². The second-order valence-electron chi connectivity index (χ2n) is 13.5. The van der Waals surface area contributed by atoms with E-state index in [2.05, 4.69) is 39.2 Å². The van der Waals surface area contributed by atoms with Crippen LogP contribution in [-0.4, -0.2) is 43.2 Å². The largest absolute Gasteiger partial charge is 0.481 e. The summed E-state index contributed by atoms with van der Waals surface area (Å²) in [5.74, 6) is -1.58. The number of carboxylic acid groups (broad SMARTS) is 1. The van der Waals surface area contributed by atoms with E-state index in [1.165, 1.54) is 31.4 Å². The third-order valence-electron chi connectivity index (χ3n) is 7.98. The molecule has 0 unspecified atom stereocenters. The Hall–Kier alpha value is -1.93. The topological polar surface area (TPSA) is 84.9 Å². The van der Waals surface area contributed by atoms with Crippen LogP contribution >= 0.6 is 0 Å². The zero-order chi connectivity index (χ0) is 28.7. The highest BCUT2D eigenvalue weighted by atomic mass is 28.4. The molecule has 2 N–H and O–H groups in total. The van der Waals surface area contributed by atoms with Crippen molar-refractivity contribution >= 4 is 20.4 Å². The van der Waals surface area contributed by atoms with Gasteiger partial charge in [-0.1, -0.05) is 65.0 Å². The van der Waals surface area contributed by atoms with Crippen LogP contribution in [0.4, 0.5) is 9.18 Å². The minimum atomic E-state index is -2.33. The molecule has 0 spiro atoms. The smallest absolute Gasteiger partial charge is 0.407 e. The lowest BCUT2D eigenvalue weighted by Gasteiger charge is -2.43. The molecule has 1 aromatic rings. The SMILES string of the molecule is CC(C)(C)OC(=O)N[C@@H](CC1CCCCC1)[C@H](C[C@@H](Cc1ccc(F)cc1)C(=O)O)O[Si](C)(C)C(C)(C)C. The number of carboxylic acids is 1. The maximum atomic E-state index is 13.5. The quantitative estimate of drug-likeness (QED) is 0.275. The van der Waals surface area contributed by atoms with Crippen LogP contribution in [0.25, 0.3) is 0 Å². The first kappa shape index (κ1) is 32.3. The molecule has 6 nitrogen and oxygen atoms in total. The van der Waals surface area contributed by atoms with Gasteiger partial charge in [-0.3, -0.25) is 4.79 Å². The number of aliphatic carboxylic acids is 1. The molecule has 0 aromatic heterocycles. The molecule has 8 heteroatoms. The molecule has 0 bridgehead atoms. The van der Waals surface area contributed by atoms with Crippen molar-refractivity contribution < 1.29 is 28.2 Å². The molecule has 0 radical (unpaired) electrons. The van der Waals surface area contributed by atoms with Gasteiger partial charge in [-0.15, -0.1) is 0 Å². The third kappa shape index (κ3) is 10.7. The number of carbonyl (C=O) groups is 2. The van der Waals surface area contributed by atoms with E-state index in [1.807, 2.05) is 20.8 Å². The number of rotatable bonds is 11. The van der Waals surface area contributed by atoms with Crippen molar-refractivity contribution in [3.8, 4) is 0 Å². The lowest BCUT2D eigenvalue weighted by molar-refractivity contribution is -0.142. The van der Waals surface area contributed by atoms with Crippen molar-refractivity contribution in [2.45, 2.75) is 129 Å². The van der Waals surface area contributed by atoms with Crippen molar-refractivity contribution in [3.63, 3.8) is 0 Å². The molecule has 1 aliphatic rings. The molecule has 38 heavy (non-hydrogen) atoms. The van der Waals surface area contributed by atoms with E-state index in [1.54, 1.807) is 12.1 Å². The second kappa shape index (κ2) is 13.4. The normalized spacial score (nSPS) is 17.9. The van der Waals surface area contributed by atoms with Gasteiger partial charge in [0.2, 0.25) is 0 Å². The summed E-state index contributed by atoms with van der Waals surface area (Å²) in [4.78, 5) is 25.5. The van der Waals surface area contributed by atoms with Crippen molar-refractivity contribution in [2.75, 3.05) is 0 Å². The average Bonchev–Trinajstić information content (AvgIpc) is 2.77. The number of amides is 1. The van der Waals surface area contributed by atoms with Gasteiger partial charge in [-0.05, 0) is 81.8 Å². The average molecular weight is 552 g/mol. The van der Waals surface area contributed by atoms with Crippen LogP contribution < -0.4 is 5.32 Å². The molecular weight excluding hydrogens is 501 g/mol. The Morgan fingerprint density at radius 2 is 1.63 bits per heavy atom. The van der Waals surface area contributed by atoms with Crippen LogP contribution in [0.2, 0.25) is 18.1 Å². The first-order valence-electron chi connectivity index (χ1n) is 14.1. The van der Waals surface area contributed by atoms with Crippen molar-refractivity contribution in [1.82, 2.24) is 5.32 Å². The molecule has 1 aromatic carbocycles. The van der Waals surface area contributed by atoms with Gasteiger partial charge in [-0.25, -0.2) is 9.18 Å². The summed E-state index contributed by atoms with van der Waals surface area (Å²) in [5.41, 5.74) is 0.107. The molecule has 216 valence electrons. The first-order chi connectivity index (χ1) is 17.5. The van der Waals surface area contributed by atoms with E-state index < -0.39 is 38.0 Å². The summed E-state index contributed by atoms with van der Waals surface area (Å²) in [6.07, 6.45) is 5.97. The highest BCUT2D eigenvalue weighted by molar-refractivity contribution is 6.74. The van der Waals surface area contributed by atoms with Crippen molar-refractivity contribution in [2.24, 2.45) is 11.8 Å². The summed E-state index contributed by atoms with van der Waals surface area (Å²) in [7, 11) is -2.33. The Morgan fingerprint density at radius 3 is 2.13 bits per heavy atom. The summed E-state index contributed by atoms with van der Waals surface area (Å²) in [6.45, 7) is 16.3. The molecule has 0 heterocycles. The zero-order valence-electron chi connectivity index (χ0n) is 24.7. The predicted molar refractivity (Wildman–Crippen MR) is 152 cm³/mol. The summed E-state index contributed by atoms with van der Waals surface area (Å²) < 4.78 is 26.0. The zero-order valence-corrected chi connectivity index (χ0v) is 25.7. The number of nitrogens with one attached hydrogen (secondary N) is 1. The third-order valence-corrected chi connectivity index (χ3v) is 12.5. The highest BCUT2D eigenvalue weighted by Crippen LogP contribution is 2.39. The number of hydrogen-bond acceptors (Lipinski definition) is 4. The van der Waals surface area contributed by atoms with Gasteiger partial charge in [0, 0.05) is 0 Å². The number of halogens is 1. The van der Waals surface area contributed by atoms with Gasteiger partial charge in [-0.2, -0.15) is 0 Å². The van der Waals surface area contributed by atoms with Crippen molar-refractivity contribution in [3.05, 3.63) is 35.6 Å². The molecular formula is C30H50FNO5Si. The molecule has 1 aliphatic carbocycles. The number of benzene rings is 1. The van der Waals surface area contributed by atoms with Gasteiger partial charge in [0.15, 0.2) is 8.32 Å². The van der Waals surface area contributed by atoms with E-state index in [0.717, 1.165) is 24.8 Å². The maximum absolute atomic E-state index is 13.5. The van der Waals surface area contributed by atoms with Gasteiger partial charge in [0.05, 0.1) is 18.1 Å². The fraction of sp³-hybridized carbons (Fsp3) is 0.733. The van der Waals surface area contributed by atoms with Crippen LogP contribution in [0.1, 0.15) is 92.1 Å². The molecule has 0 saturated heterocycles. The van der Waals surface area contributed by atoms with Gasteiger partial charge in [0.1, 0.15) is 11.4 Å².